The molecular weight excluding hydrogens is 98.1 g/mol. The van der Waals surface area contributed by atoms with Crippen LogP contribution in [0.5, 0.6) is 0 Å². The Kier molecular flexibility index (Phi) is 0.686. The van der Waals surface area contributed by atoms with Crippen molar-refractivity contribution in [1.29, 1.82) is 5.26 Å². The van der Waals surface area contributed by atoms with Crippen LogP contribution < -0.4 is 0 Å². The van der Waals surface area contributed by atoms with Gasteiger partial charge in [0.1, 0.15) is 0 Å². The summed E-state index contributed by atoms with van der Waals surface area (Å²) < 4.78 is 0. The predicted molar refractivity (Wildman–Crippen MR) is 29.9 cm³/mol. The Morgan fingerprint density at radius 2 is 2.25 bits per heavy atom. The normalized spacial score (nSPS) is 50.1. The highest BCUT2D eigenvalue weighted by atomic mass is 14.5. The molecule has 3 atom stereocenters. The zero-order chi connectivity index (χ0) is 5.56. The van der Waals surface area contributed by atoms with Crippen molar-refractivity contribution in [2.75, 3.05) is 0 Å². The van der Waals surface area contributed by atoms with E-state index in [1.807, 2.05) is 0 Å². The van der Waals surface area contributed by atoms with Crippen molar-refractivity contribution < 1.29 is 0 Å². The molecule has 0 aromatic rings. The van der Waals surface area contributed by atoms with Gasteiger partial charge in [-0.3, -0.25) is 0 Å². The van der Waals surface area contributed by atoms with Gasteiger partial charge in [0.25, 0.3) is 0 Å². The zero-order valence-electron chi connectivity index (χ0n) is 4.80. The minimum Gasteiger partial charge on any atom is -0.198 e. The molecule has 2 fully saturated rings. The molecule has 0 saturated heterocycles. The Balaban J connectivity index is 2.00. The van der Waals surface area contributed by atoms with E-state index in [0.29, 0.717) is 5.92 Å². The second-order valence-corrected chi connectivity index (χ2v) is 2.97. The molecule has 2 aliphatic rings. The van der Waals surface area contributed by atoms with Gasteiger partial charge in [0.2, 0.25) is 0 Å². The van der Waals surface area contributed by atoms with Gasteiger partial charge >= 0.3 is 0 Å². The fraction of sp³-hybridized carbons (Fsp3) is 0.857. The molecule has 0 heterocycles. The molecule has 2 aliphatic carbocycles. The van der Waals surface area contributed by atoms with Gasteiger partial charge in [0.15, 0.2) is 0 Å². The molecule has 0 bridgehead atoms. The van der Waals surface area contributed by atoms with Crippen molar-refractivity contribution in [3.05, 3.63) is 0 Å². The number of rotatable bonds is 0. The van der Waals surface area contributed by atoms with E-state index in [4.69, 9.17) is 5.26 Å². The van der Waals surface area contributed by atoms with Crippen LogP contribution in [0.3, 0.4) is 0 Å². The first kappa shape index (κ1) is 4.38. The van der Waals surface area contributed by atoms with Crippen LogP contribution >= 0.6 is 0 Å². The summed E-state index contributed by atoms with van der Waals surface area (Å²) in [4.78, 5) is 0. The van der Waals surface area contributed by atoms with Crippen molar-refractivity contribution in [3.63, 3.8) is 0 Å². The second kappa shape index (κ2) is 1.25. The van der Waals surface area contributed by atoms with Gasteiger partial charge < -0.3 is 0 Å². The van der Waals surface area contributed by atoms with Gasteiger partial charge in [-0.25, -0.2) is 0 Å². The maximum atomic E-state index is 8.46. The number of fused-ring (bicyclic) bond motifs is 1. The fourth-order valence-electron chi connectivity index (χ4n) is 1.87. The van der Waals surface area contributed by atoms with Gasteiger partial charge in [-0.05, 0) is 31.1 Å². The molecule has 0 aromatic carbocycles. The lowest BCUT2D eigenvalue weighted by Gasteiger charge is -2.49. The van der Waals surface area contributed by atoms with Crippen LogP contribution in [0.25, 0.3) is 0 Å². The van der Waals surface area contributed by atoms with E-state index in [9.17, 15) is 0 Å². The number of nitrogens with zero attached hydrogens (tertiary/aromatic N) is 1. The average Bonchev–Trinajstić information content (AvgIpc) is 1.76. The molecule has 1 heteroatoms. The van der Waals surface area contributed by atoms with Crippen LogP contribution in [-0.4, -0.2) is 0 Å². The molecular formula is C7H9N. The molecule has 2 unspecified atom stereocenters. The summed E-state index contributed by atoms with van der Waals surface area (Å²) >= 11 is 0. The molecule has 0 radical (unpaired) electrons. The molecule has 0 amide bonds. The zero-order valence-corrected chi connectivity index (χ0v) is 4.80. The van der Waals surface area contributed by atoms with Crippen LogP contribution in [0, 0.1) is 29.1 Å². The Morgan fingerprint density at radius 1 is 1.38 bits per heavy atom. The van der Waals surface area contributed by atoms with E-state index in [0.717, 1.165) is 11.8 Å². The molecule has 0 aliphatic heterocycles. The highest BCUT2D eigenvalue weighted by molar-refractivity contribution is 5.05. The first-order chi connectivity index (χ1) is 3.92. The summed E-state index contributed by atoms with van der Waals surface area (Å²) in [5, 5.41) is 8.46. The lowest BCUT2D eigenvalue weighted by Crippen LogP contribution is -2.43. The maximum absolute atomic E-state index is 8.46. The highest BCUT2D eigenvalue weighted by Crippen LogP contribution is 2.53. The summed E-state index contributed by atoms with van der Waals surface area (Å²) in [7, 11) is 0. The van der Waals surface area contributed by atoms with Gasteiger partial charge in [-0.15, -0.1) is 0 Å². The predicted octanol–water partition coefficient (Wildman–Crippen LogP) is 1.56. The third-order valence-corrected chi connectivity index (χ3v) is 2.72. The van der Waals surface area contributed by atoms with E-state index < -0.39 is 0 Å². The van der Waals surface area contributed by atoms with Crippen LogP contribution in [-0.2, 0) is 0 Å². The van der Waals surface area contributed by atoms with Crippen molar-refractivity contribution >= 4 is 0 Å². The lowest BCUT2D eigenvalue weighted by molar-refractivity contribution is 0.00726. The molecule has 2 rings (SSSR count). The van der Waals surface area contributed by atoms with Crippen LogP contribution in [0.2, 0.25) is 0 Å². The average molecular weight is 107 g/mol. The SMILES string of the molecule is N#C[C@@H]1CC2CCC21. The highest BCUT2D eigenvalue weighted by Gasteiger charge is 2.46. The van der Waals surface area contributed by atoms with E-state index >= 15 is 0 Å². The third-order valence-electron chi connectivity index (χ3n) is 2.72. The van der Waals surface area contributed by atoms with Gasteiger partial charge in [-0.2, -0.15) is 5.26 Å². The number of nitriles is 1. The van der Waals surface area contributed by atoms with Crippen molar-refractivity contribution in [3.8, 4) is 6.07 Å². The first-order valence-electron chi connectivity index (χ1n) is 3.31. The van der Waals surface area contributed by atoms with Gasteiger partial charge in [-0.1, -0.05) is 0 Å². The fourth-order valence-corrected chi connectivity index (χ4v) is 1.87. The van der Waals surface area contributed by atoms with Gasteiger partial charge in [0, 0.05) is 5.92 Å². The molecule has 0 spiro atoms. The summed E-state index contributed by atoms with van der Waals surface area (Å²) in [5.74, 6) is 2.26. The minimum atomic E-state index is 0.453. The van der Waals surface area contributed by atoms with Crippen molar-refractivity contribution in [1.82, 2.24) is 0 Å². The standard InChI is InChI=1S/C7H9N/c8-4-6-3-5-1-2-7(5)6/h5-7H,1-3H2/t5?,6-,7?/m0/s1. The molecule has 42 valence electrons. The summed E-state index contributed by atoms with van der Waals surface area (Å²) in [6, 6.07) is 2.33. The van der Waals surface area contributed by atoms with E-state index in [-0.39, 0.29) is 0 Å². The van der Waals surface area contributed by atoms with E-state index in [1.165, 1.54) is 19.3 Å². The maximum Gasteiger partial charge on any atom is 0.0658 e. The number of hydrogen-bond acceptors (Lipinski definition) is 1. The van der Waals surface area contributed by atoms with Gasteiger partial charge in [0.05, 0.1) is 6.07 Å². The Hall–Kier alpha value is -0.510. The lowest BCUT2D eigenvalue weighted by atomic mass is 9.54. The quantitative estimate of drug-likeness (QED) is 0.460. The molecule has 2 saturated carbocycles. The summed E-state index contributed by atoms with van der Waals surface area (Å²) in [6.07, 6.45) is 3.95. The second-order valence-electron chi connectivity index (χ2n) is 2.97. The topological polar surface area (TPSA) is 23.8 Å². The first-order valence-corrected chi connectivity index (χ1v) is 3.31. The summed E-state index contributed by atoms with van der Waals surface area (Å²) in [5.41, 5.74) is 0. The summed E-state index contributed by atoms with van der Waals surface area (Å²) in [6.45, 7) is 0. The monoisotopic (exact) mass is 107 g/mol. The molecule has 8 heavy (non-hydrogen) atoms. The van der Waals surface area contributed by atoms with Crippen LogP contribution in [0.4, 0.5) is 0 Å². The Labute approximate surface area is 49.3 Å². The van der Waals surface area contributed by atoms with Crippen molar-refractivity contribution in [2.24, 2.45) is 17.8 Å². The van der Waals surface area contributed by atoms with E-state index in [2.05, 4.69) is 6.07 Å². The molecule has 1 nitrogen and oxygen atoms in total. The minimum absolute atomic E-state index is 0.453. The molecule has 0 N–H and O–H groups in total. The van der Waals surface area contributed by atoms with Crippen LogP contribution in [0.15, 0.2) is 0 Å². The van der Waals surface area contributed by atoms with E-state index in [1.54, 1.807) is 0 Å². The Morgan fingerprint density at radius 3 is 2.38 bits per heavy atom. The largest absolute Gasteiger partial charge is 0.198 e. The van der Waals surface area contributed by atoms with Crippen molar-refractivity contribution in [2.45, 2.75) is 19.3 Å². The Bertz CT molecular complexity index is 145. The third kappa shape index (κ3) is 0.324. The molecule has 0 aromatic heterocycles. The van der Waals surface area contributed by atoms with Crippen LogP contribution in [0.1, 0.15) is 19.3 Å². The smallest absolute Gasteiger partial charge is 0.0658 e. The number of hydrogen-bond donors (Lipinski definition) is 0.